The second-order valence-electron chi connectivity index (χ2n) is 6.04. The molecule has 0 bridgehead atoms. The average molecular weight is 337 g/mol. The lowest BCUT2D eigenvalue weighted by molar-refractivity contribution is -0.153. The summed E-state index contributed by atoms with van der Waals surface area (Å²) in [5.41, 5.74) is -0.503. The molecule has 122 valence electrons. The summed E-state index contributed by atoms with van der Waals surface area (Å²) < 4.78 is 0. The largest absolute Gasteiger partial charge is 0.480 e. The molecule has 2 amide bonds. The minimum Gasteiger partial charge on any atom is -0.480 e. The number of rotatable bonds is 4. The minimum absolute atomic E-state index is 0.301. The van der Waals surface area contributed by atoms with Crippen molar-refractivity contribution in [3.05, 3.63) is 29.3 Å². The van der Waals surface area contributed by atoms with E-state index < -0.39 is 23.3 Å². The van der Waals surface area contributed by atoms with Gasteiger partial charge in [-0.3, -0.25) is 9.59 Å². The van der Waals surface area contributed by atoms with E-state index in [0.29, 0.717) is 36.5 Å². The molecule has 2 N–H and O–H groups in total. The van der Waals surface area contributed by atoms with Crippen LogP contribution in [0.15, 0.2) is 24.3 Å². The second-order valence-corrected chi connectivity index (χ2v) is 6.47. The van der Waals surface area contributed by atoms with Crippen LogP contribution in [0.25, 0.3) is 0 Å². The molecule has 1 atom stereocenters. The zero-order valence-electron chi connectivity index (χ0n) is 12.4. The molecule has 3 rings (SSSR count). The van der Waals surface area contributed by atoms with Crippen molar-refractivity contribution >= 4 is 35.1 Å². The molecule has 6 nitrogen and oxygen atoms in total. The van der Waals surface area contributed by atoms with Gasteiger partial charge in [-0.25, -0.2) is 4.79 Å². The SMILES string of the molecule is O=C(NC1(C(=O)O)CCC1)[C@H]1CCN(c2ccc(Cl)cc2)C1=O. The third-order valence-electron chi connectivity index (χ3n) is 4.64. The van der Waals surface area contributed by atoms with Gasteiger partial charge in [0, 0.05) is 17.3 Å². The highest BCUT2D eigenvalue weighted by atomic mass is 35.5. The van der Waals surface area contributed by atoms with Crippen LogP contribution in [0.4, 0.5) is 5.69 Å². The Hall–Kier alpha value is -2.08. The number of hydrogen-bond acceptors (Lipinski definition) is 3. The van der Waals surface area contributed by atoms with Crippen LogP contribution in [0.2, 0.25) is 5.02 Å². The molecule has 0 unspecified atom stereocenters. The zero-order valence-corrected chi connectivity index (χ0v) is 13.2. The van der Waals surface area contributed by atoms with Crippen molar-refractivity contribution in [1.82, 2.24) is 5.32 Å². The topological polar surface area (TPSA) is 86.7 Å². The van der Waals surface area contributed by atoms with Gasteiger partial charge in [-0.2, -0.15) is 0 Å². The molecule has 1 aliphatic heterocycles. The smallest absolute Gasteiger partial charge is 0.329 e. The zero-order chi connectivity index (χ0) is 16.6. The quantitative estimate of drug-likeness (QED) is 0.821. The highest BCUT2D eigenvalue weighted by Crippen LogP contribution is 2.33. The van der Waals surface area contributed by atoms with Crippen LogP contribution in [-0.4, -0.2) is 35.0 Å². The molecule has 7 heteroatoms. The number of hydrogen-bond donors (Lipinski definition) is 2. The predicted octanol–water partition coefficient (Wildman–Crippen LogP) is 1.82. The van der Waals surface area contributed by atoms with Gasteiger partial charge in [0.1, 0.15) is 11.5 Å². The van der Waals surface area contributed by atoms with Gasteiger partial charge < -0.3 is 15.3 Å². The number of nitrogens with zero attached hydrogens (tertiary/aromatic N) is 1. The van der Waals surface area contributed by atoms with Crippen LogP contribution in [0, 0.1) is 5.92 Å². The molecule has 0 radical (unpaired) electrons. The first-order valence-electron chi connectivity index (χ1n) is 7.55. The fourth-order valence-electron chi connectivity index (χ4n) is 3.05. The summed E-state index contributed by atoms with van der Waals surface area (Å²) in [6, 6.07) is 6.83. The van der Waals surface area contributed by atoms with Crippen molar-refractivity contribution in [2.24, 2.45) is 5.92 Å². The van der Waals surface area contributed by atoms with Gasteiger partial charge in [-0.05, 0) is 49.9 Å². The summed E-state index contributed by atoms with van der Waals surface area (Å²) in [6.07, 6.45) is 1.97. The van der Waals surface area contributed by atoms with Gasteiger partial charge in [0.15, 0.2) is 0 Å². The van der Waals surface area contributed by atoms with Crippen molar-refractivity contribution in [3.63, 3.8) is 0 Å². The van der Waals surface area contributed by atoms with E-state index in [2.05, 4.69) is 5.32 Å². The number of halogens is 1. The van der Waals surface area contributed by atoms with Crippen LogP contribution in [0.5, 0.6) is 0 Å². The molecule has 0 spiro atoms. The molecular formula is C16H17ClN2O4. The van der Waals surface area contributed by atoms with Crippen LogP contribution < -0.4 is 10.2 Å². The van der Waals surface area contributed by atoms with E-state index in [9.17, 15) is 19.5 Å². The van der Waals surface area contributed by atoms with Crippen molar-refractivity contribution in [1.29, 1.82) is 0 Å². The average Bonchev–Trinajstić information content (AvgIpc) is 2.85. The molecular weight excluding hydrogens is 320 g/mol. The summed E-state index contributed by atoms with van der Waals surface area (Å²) >= 11 is 5.84. The number of carbonyl (C=O) groups excluding carboxylic acids is 2. The molecule has 1 aromatic rings. The molecule has 2 fully saturated rings. The Labute approximate surface area is 138 Å². The van der Waals surface area contributed by atoms with Gasteiger partial charge in [0.25, 0.3) is 0 Å². The Morgan fingerprint density at radius 2 is 1.91 bits per heavy atom. The van der Waals surface area contributed by atoms with Gasteiger partial charge in [-0.15, -0.1) is 0 Å². The Morgan fingerprint density at radius 3 is 2.43 bits per heavy atom. The molecule has 1 aromatic carbocycles. The maximum atomic E-state index is 12.5. The van der Waals surface area contributed by atoms with E-state index in [0.717, 1.165) is 6.42 Å². The minimum atomic E-state index is -1.19. The second kappa shape index (κ2) is 5.85. The van der Waals surface area contributed by atoms with Gasteiger partial charge in [0.05, 0.1) is 0 Å². The van der Waals surface area contributed by atoms with Crippen LogP contribution >= 0.6 is 11.6 Å². The first-order chi connectivity index (χ1) is 10.9. The van der Waals surface area contributed by atoms with E-state index in [4.69, 9.17) is 11.6 Å². The van der Waals surface area contributed by atoms with Gasteiger partial charge in [0.2, 0.25) is 11.8 Å². The van der Waals surface area contributed by atoms with E-state index in [-0.39, 0.29) is 5.91 Å². The summed E-state index contributed by atoms with van der Waals surface area (Å²) in [5, 5.41) is 12.4. The molecule has 1 saturated heterocycles. The molecule has 1 heterocycles. The maximum Gasteiger partial charge on any atom is 0.329 e. The lowest BCUT2D eigenvalue weighted by atomic mass is 9.76. The standard InChI is InChI=1S/C16H17ClN2O4/c17-10-2-4-11(5-3-10)19-9-6-12(14(19)21)13(20)18-16(15(22)23)7-1-8-16/h2-5,12H,1,6-9H2,(H,18,20)(H,22,23)/t12-/m1/s1. The summed E-state index contributed by atoms with van der Waals surface area (Å²) in [5.74, 6) is -2.65. The van der Waals surface area contributed by atoms with Crippen LogP contribution in [0.3, 0.4) is 0 Å². The number of carbonyl (C=O) groups is 3. The predicted molar refractivity (Wildman–Crippen MR) is 84.3 cm³/mol. The number of nitrogens with one attached hydrogen (secondary N) is 1. The first kappa shape index (κ1) is 15.8. The lowest BCUT2D eigenvalue weighted by Crippen LogP contribution is -2.60. The van der Waals surface area contributed by atoms with Gasteiger partial charge in [-0.1, -0.05) is 11.6 Å². The highest BCUT2D eigenvalue weighted by molar-refractivity contribution is 6.30. The van der Waals surface area contributed by atoms with E-state index in [1.165, 1.54) is 4.90 Å². The van der Waals surface area contributed by atoms with Crippen LogP contribution in [0.1, 0.15) is 25.7 Å². The van der Waals surface area contributed by atoms with E-state index >= 15 is 0 Å². The molecule has 2 aliphatic rings. The van der Waals surface area contributed by atoms with Gasteiger partial charge >= 0.3 is 5.97 Å². The molecule has 1 saturated carbocycles. The Balaban J connectivity index is 1.70. The number of aliphatic carboxylic acids is 1. The van der Waals surface area contributed by atoms with Crippen molar-refractivity contribution in [2.45, 2.75) is 31.2 Å². The molecule has 23 heavy (non-hydrogen) atoms. The number of anilines is 1. The number of benzene rings is 1. The molecule has 1 aliphatic carbocycles. The monoisotopic (exact) mass is 336 g/mol. The summed E-state index contributed by atoms with van der Waals surface area (Å²) in [6.45, 7) is 0.429. The third kappa shape index (κ3) is 2.79. The fourth-order valence-corrected chi connectivity index (χ4v) is 3.17. The fraction of sp³-hybridized carbons (Fsp3) is 0.438. The third-order valence-corrected chi connectivity index (χ3v) is 4.89. The first-order valence-corrected chi connectivity index (χ1v) is 7.93. The Morgan fingerprint density at radius 1 is 1.26 bits per heavy atom. The van der Waals surface area contributed by atoms with Crippen LogP contribution in [-0.2, 0) is 14.4 Å². The number of carboxylic acid groups (broad SMARTS) is 1. The lowest BCUT2D eigenvalue weighted by Gasteiger charge is -2.38. The Bertz CT molecular complexity index is 655. The normalized spacial score (nSPS) is 22.6. The highest BCUT2D eigenvalue weighted by Gasteiger charge is 2.48. The van der Waals surface area contributed by atoms with Crippen molar-refractivity contribution in [2.75, 3.05) is 11.4 Å². The van der Waals surface area contributed by atoms with E-state index in [1.54, 1.807) is 24.3 Å². The summed E-state index contributed by atoms with van der Waals surface area (Å²) in [7, 11) is 0. The number of amides is 2. The van der Waals surface area contributed by atoms with E-state index in [1.807, 2.05) is 0 Å². The van der Waals surface area contributed by atoms with Crippen molar-refractivity contribution < 1.29 is 19.5 Å². The van der Waals surface area contributed by atoms with Crippen molar-refractivity contribution in [3.8, 4) is 0 Å². The maximum absolute atomic E-state index is 12.5. The number of carboxylic acids is 1. The molecule has 0 aromatic heterocycles. The summed E-state index contributed by atoms with van der Waals surface area (Å²) in [4.78, 5) is 37.7. The Kier molecular flexibility index (Phi) is 4.02.